The minimum atomic E-state index is 0.710. The molecule has 0 aliphatic rings. The Balaban J connectivity index is 2.81. The van der Waals surface area contributed by atoms with E-state index in [0.29, 0.717) is 6.61 Å². The summed E-state index contributed by atoms with van der Waals surface area (Å²) in [5.41, 5.74) is 1.14. The Morgan fingerprint density at radius 2 is 2.40 bits per heavy atom. The molecule has 0 unspecified atom stereocenters. The van der Waals surface area contributed by atoms with Crippen LogP contribution in [0.15, 0.2) is 18.2 Å². The van der Waals surface area contributed by atoms with Gasteiger partial charge in [0.15, 0.2) is 0 Å². The molecule has 0 saturated carbocycles. The lowest BCUT2D eigenvalue weighted by Crippen LogP contribution is -1.92. The van der Waals surface area contributed by atoms with Gasteiger partial charge >= 0.3 is 0 Å². The predicted molar refractivity (Wildman–Crippen MR) is 41.2 cm³/mol. The fourth-order valence-electron chi connectivity index (χ4n) is 0.806. The van der Waals surface area contributed by atoms with E-state index in [2.05, 4.69) is 6.07 Å². The summed E-state index contributed by atoms with van der Waals surface area (Å²) in [6.45, 7) is 4.70. The molecular weight excluding hydrogens is 124 g/mol. The molecule has 0 aliphatic heterocycles. The SMILES string of the molecule is CCOc1[c]cccc1C. The second-order valence-electron chi connectivity index (χ2n) is 2.12. The molecule has 0 atom stereocenters. The normalized spacial score (nSPS) is 9.40. The van der Waals surface area contributed by atoms with Gasteiger partial charge in [0.2, 0.25) is 0 Å². The van der Waals surface area contributed by atoms with Crippen molar-refractivity contribution in [3.63, 3.8) is 0 Å². The lowest BCUT2D eigenvalue weighted by atomic mass is 10.2. The lowest BCUT2D eigenvalue weighted by molar-refractivity contribution is 0.337. The molecule has 0 aromatic heterocycles. The van der Waals surface area contributed by atoms with Gasteiger partial charge in [0.25, 0.3) is 0 Å². The van der Waals surface area contributed by atoms with Crippen molar-refractivity contribution in [1.29, 1.82) is 0 Å². The van der Waals surface area contributed by atoms with Gasteiger partial charge in [-0.05, 0) is 19.4 Å². The minimum Gasteiger partial charge on any atom is -0.493 e. The fourth-order valence-corrected chi connectivity index (χ4v) is 0.806. The highest BCUT2D eigenvalue weighted by molar-refractivity contribution is 5.30. The zero-order valence-electron chi connectivity index (χ0n) is 6.35. The van der Waals surface area contributed by atoms with Gasteiger partial charge in [-0.2, -0.15) is 0 Å². The molecule has 0 saturated heterocycles. The van der Waals surface area contributed by atoms with Crippen molar-refractivity contribution < 1.29 is 4.74 Å². The molecule has 1 radical (unpaired) electrons. The van der Waals surface area contributed by atoms with Crippen LogP contribution in [0.25, 0.3) is 0 Å². The molecule has 1 aromatic rings. The summed E-state index contributed by atoms with van der Waals surface area (Å²) >= 11 is 0. The highest BCUT2D eigenvalue weighted by atomic mass is 16.5. The van der Waals surface area contributed by atoms with E-state index in [1.54, 1.807) is 0 Å². The Kier molecular flexibility index (Phi) is 2.32. The first-order valence-corrected chi connectivity index (χ1v) is 3.44. The summed E-state index contributed by atoms with van der Waals surface area (Å²) in [6, 6.07) is 8.85. The van der Waals surface area contributed by atoms with Gasteiger partial charge in [0.05, 0.1) is 6.61 Å². The minimum absolute atomic E-state index is 0.710. The highest BCUT2D eigenvalue weighted by Gasteiger charge is 1.93. The zero-order valence-corrected chi connectivity index (χ0v) is 6.35. The van der Waals surface area contributed by atoms with Crippen LogP contribution in [-0.2, 0) is 0 Å². The Bertz CT molecular complexity index is 206. The second kappa shape index (κ2) is 3.25. The summed E-state index contributed by atoms with van der Waals surface area (Å²) in [6.07, 6.45) is 0. The number of hydrogen-bond acceptors (Lipinski definition) is 1. The van der Waals surface area contributed by atoms with Crippen LogP contribution < -0.4 is 4.74 Å². The van der Waals surface area contributed by atoms with Gasteiger partial charge in [0.1, 0.15) is 5.75 Å². The quantitative estimate of drug-likeness (QED) is 0.604. The molecule has 53 valence electrons. The number of rotatable bonds is 2. The summed E-state index contributed by atoms with van der Waals surface area (Å²) in [5, 5.41) is 0. The zero-order chi connectivity index (χ0) is 7.40. The molecule has 1 nitrogen and oxygen atoms in total. The van der Waals surface area contributed by atoms with Gasteiger partial charge in [0, 0.05) is 6.07 Å². The van der Waals surface area contributed by atoms with Crippen molar-refractivity contribution >= 4 is 0 Å². The number of aryl methyl sites for hydroxylation is 1. The van der Waals surface area contributed by atoms with Crippen LogP contribution >= 0.6 is 0 Å². The van der Waals surface area contributed by atoms with Crippen LogP contribution in [0.1, 0.15) is 12.5 Å². The first kappa shape index (κ1) is 7.13. The average Bonchev–Trinajstić information content (AvgIpc) is 1.94. The van der Waals surface area contributed by atoms with Crippen molar-refractivity contribution in [3.05, 3.63) is 29.8 Å². The monoisotopic (exact) mass is 135 g/mol. The predicted octanol–water partition coefficient (Wildman–Crippen LogP) is 2.19. The van der Waals surface area contributed by atoms with Gasteiger partial charge < -0.3 is 4.74 Å². The van der Waals surface area contributed by atoms with Crippen molar-refractivity contribution in [2.45, 2.75) is 13.8 Å². The van der Waals surface area contributed by atoms with Crippen molar-refractivity contribution in [3.8, 4) is 5.75 Å². The smallest absolute Gasteiger partial charge is 0.130 e. The second-order valence-corrected chi connectivity index (χ2v) is 2.12. The van der Waals surface area contributed by atoms with Gasteiger partial charge in [-0.25, -0.2) is 0 Å². The van der Waals surface area contributed by atoms with Crippen LogP contribution in [0.4, 0.5) is 0 Å². The van der Waals surface area contributed by atoms with Crippen LogP contribution in [0.5, 0.6) is 5.75 Å². The van der Waals surface area contributed by atoms with Gasteiger partial charge in [-0.3, -0.25) is 0 Å². The topological polar surface area (TPSA) is 9.23 Å². The Morgan fingerprint density at radius 3 is 3.00 bits per heavy atom. The average molecular weight is 135 g/mol. The molecule has 1 heteroatoms. The third kappa shape index (κ3) is 1.50. The van der Waals surface area contributed by atoms with Crippen LogP contribution in [-0.4, -0.2) is 6.61 Å². The lowest BCUT2D eigenvalue weighted by Gasteiger charge is -2.03. The first-order chi connectivity index (χ1) is 4.84. The Hall–Kier alpha value is -0.980. The standard InChI is InChI=1S/C9H11O/c1-3-10-9-7-5-4-6-8(9)2/h4-6H,3H2,1-2H3. The third-order valence-electron chi connectivity index (χ3n) is 1.30. The summed E-state index contributed by atoms with van der Waals surface area (Å²) in [7, 11) is 0. The molecular formula is C9H11O. The van der Waals surface area contributed by atoms with E-state index in [0.717, 1.165) is 11.3 Å². The largest absolute Gasteiger partial charge is 0.493 e. The Morgan fingerprint density at radius 1 is 1.60 bits per heavy atom. The molecule has 0 bridgehead atoms. The molecule has 0 fully saturated rings. The number of para-hydroxylation sites is 1. The van der Waals surface area contributed by atoms with Gasteiger partial charge in [-0.1, -0.05) is 18.2 Å². The van der Waals surface area contributed by atoms with E-state index in [1.165, 1.54) is 0 Å². The molecule has 0 aliphatic carbocycles. The van der Waals surface area contributed by atoms with Crippen molar-refractivity contribution in [2.75, 3.05) is 6.61 Å². The maximum atomic E-state index is 5.28. The molecule has 0 N–H and O–H groups in total. The molecule has 0 heterocycles. The first-order valence-electron chi connectivity index (χ1n) is 3.44. The Labute approximate surface area is 61.6 Å². The third-order valence-corrected chi connectivity index (χ3v) is 1.30. The van der Waals surface area contributed by atoms with Crippen LogP contribution in [0.3, 0.4) is 0 Å². The van der Waals surface area contributed by atoms with Crippen molar-refractivity contribution in [2.24, 2.45) is 0 Å². The van der Waals surface area contributed by atoms with Crippen molar-refractivity contribution in [1.82, 2.24) is 0 Å². The maximum Gasteiger partial charge on any atom is 0.130 e. The maximum absolute atomic E-state index is 5.28. The summed E-state index contributed by atoms with van der Waals surface area (Å²) in [5.74, 6) is 0.866. The number of benzene rings is 1. The van der Waals surface area contributed by atoms with E-state index in [4.69, 9.17) is 4.74 Å². The van der Waals surface area contributed by atoms with E-state index in [-0.39, 0.29) is 0 Å². The molecule has 10 heavy (non-hydrogen) atoms. The van der Waals surface area contributed by atoms with E-state index in [9.17, 15) is 0 Å². The summed E-state index contributed by atoms with van der Waals surface area (Å²) < 4.78 is 5.28. The van der Waals surface area contributed by atoms with E-state index in [1.807, 2.05) is 32.0 Å². The molecule has 0 amide bonds. The van der Waals surface area contributed by atoms with Gasteiger partial charge in [-0.15, -0.1) is 0 Å². The number of hydrogen-bond donors (Lipinski definition) is 0. The molecule has 1 rings (SSSR count). The molecule has 1 aromatic carbocycles. The van der Waals surface area contributed by atoms with E-state index < -0.39 is 0 Å². The van der Waals surface area contributed by atoms with Crippen LogP contribution in [0.2, 0.25) is 0 Å². The number of ether oxygens (including phenoxy) is 1. The highest BCUT2D eigenvalue weighted by Crippen LogP contribution is 2.14. The fraction of sp³-hybridized carbons (Fsp3) is 0.333. The van der Waals surface area contributed by atoms with E-state index >= 15 is 0 Å². The molecule has 0 spiro atoms. The summed E-state index contributed by atoms with van der Waals surface area (Å²) in [4.78, 5) is 0. The van der Waals surface area contributed by atoms with Crippen LogP contribution in [0, 0.1) is 13.0 Å².